The van der Waals surface area contributed by atoms with Crippen molar-refractivity contribution in [3.8, 4) is 0 Å². The van der Waals surface area contributed by atoms with E-state index in [1.54, 1.807) is 49.4 Å². The summed E-state index contributed by atoms with van der Waals surface area (Å²) in [6, 6.07) is 19.9. The molecule has 0 saturated carbocycles. The molecule has 0 aliphatic carbocycles. The van der Waals surface area contributed by atoms with E-state index in [2.05, 4.69) is 5.32 Å². The summed E-state index contributed by atoms with van der Waals surface area (Å²) < 4.78 is 43.5. The molecule has 3 aromatic carbocycles. The largest absolute Gasteiger partial charge is 0.350 e. The second-order valence-electron chi connectivity index (χ2n) is 10.3. The quantitative estimate of drug-likeness (QED) is 0.386. The molecular formula is C30H36FN3O4S. The number of carbonyl (C=O) groups excluding carboxylic acids is 2. The Morgan fingerprint density at radius 1 is 0.897 bits per heavy atom. The first-order valence-electron chi connectivity index (χ1n) is 12.9. The highest BCUT2D eigenvalue weighted by Crippen LogP contribution is 2.28. The lowest BCUT2D eigenvalue weighted by Gasteiger charge is -2.34. The van der Waals surface area contributed by atoms with Gasteiger partial charge in [0.15, 0.2) is 0 Å². The molecule has 9 heteroatoms. The topological polar surface area (TPSA) is 86.8 Å². The monoisotopic (exact) mass is 553 g/mol. The van der Waals surface area contributed by atoms with Crippen molar-refractivity contribution in [1.82, 2.24) is 10.2 Å². The molecule has 0 aromatic heterocycles. The Kier molecular flexibility index (Phi) is 9.50. The van der Waals surface area contributed by atoms with Crippen LogP contribution in [0, 0.1) is 5.82 Å². The summed E-state index contributed by atoms with van der Waals surface area (Å²) in [5.41, 5.74) is 0.757. The lowest BCUT2D eigenvalue weighted by Crippen LogP contribution is -2.54. The number of halogens is 1. The number of aryl methyl sites for hydroxylation is 1. The molecule has 3 rings (SSSR count). The lowest BCUT2D eigenvalue weighted by molar-refractivity contribution is -0.140. The van der Waals surface area contributed by atoms with Crippen molar-refractivity contribution in [2.24, 2.45) is 0 Å². The molecule has 3 aromatic rings. The molecule has 0 radical (unpaired) electrons. The normalized spacial score (nSPS) is 12.5. The Morgan fingerprint density at radius 2 is 1.46 bits per heavy atom. The fraction of sp³-hybridized carbons (Fsp3) is 0.333. The van der Waals surface area contributed by atoms with Crippen LogP contribution >= 0.6 is 0 Å². The Balaban J connectivity index is 2.08. The maximum absolute atomic E-state index is 14.6. The first kappa shape index (κ1) is 29.8. The average molecular weight is 554 g/mol. The summed E-state index contributed by atoms with van der Waals surface area (Å²) in [6.45, 7) is 8.12. The van der Waals surface area contributed by atoms with Crippen LogP contribution in [0.2, 0.25) is 0 Å². The van der Waals surface area contributed by atoms with Crippen LogP contribution in [0.25, 0.3) is 0 Å². The molecule has 2 amide bonds. The molecule has 7 nitrogen and oxygen atoms in total. The van der Waals surface area contributed by atoms with Gasteiger partial charge < -0.3 is 10.2 Å². The van der Waals surface area contributed by atoms with Crippen molar-refractivity contribution >= 4 is 27.5 Å². The Morgan fingerprint density at radius 3 is 2.05 bits per heavy atom. The number of hydrogen-bond acceptors (Lipinski definition) is 4. The van der Waals surface area contributed by atoms with Gasteiger partial charge in [0.1, 0.15) is 18.4 Å². The van der Waals surface area contributed by atoms with E-state index < -0.39 is 45.8 Å². The number of nitrogens with one attached hydrogen (secondary N) is 1. The van der Waals surface area contributed by atoms with Crippen molar-refractivity contribution in [3.63, 3.8) is 0 Å². The van der Waals surface area contributed by atoms with Gasteiger partial charge in [-0.1, -0.05) is 61.5 Å². The smallest absolute Gasteiger partial charge is 0.264 e. The molecule has 208 valence electrons. The molecule has 0 spiro atoms. The van der Waals surface area contributed by atoms with Gasteiger partial charge >= 0.3 is 0 Å². The predicted octanol–water partition coefficient (Wildman–Crippen LogP) is 4.92. The number of anilines is 1. The van der Waals surface area contributed by atoms with E-state index in [9.17, 15) is 22.4 Å². The third kappa shape index (κ3) is 7.44. The van der Waals surface area contributed by atoms with E-state index >= 15 is 0 Å². The Hall–Kier alpha value is -3.72. The van der Waals surface area contributed by atoms with Crippen molar-refractivity contribution < 1.29 is 22.4 Å². The Bertz CT molecular complexity index is 1400. The fourth-order valence-electron chi connectivity index (χ4n) is 4.15. The number of benzene rings is 3. The number of rotatable bonds is 10. The minimum absolute atomic E-state index is 0.0304. The highest BCUT2D eigenvalue weighted by atomic mass is 32.2. The molecule has 0 aliphatic heterocycles. The summed E-state index contributed by atoms with van der Waals surface area (Å²) >= 11 is 0. The van der Waals surface area contributed by atoms with Gasteiger partial charge in [-0.2, -0.15) is 0 Å². The number of para-hydroxylation sites is 1. The summed E-state index contributed by atoms with van der Waals surface area (Å²) in [4.78, 5) is 28.3. The van der Waals surface area contributed by atoms with Gasteiger partial charge in [0, 0.05) is 17.6 Å². The second-order valence-corrected chi connectivity index (χ2v) is 12.2. The van der Waals surface area contributed by atoms with Crippen LogP contribution in [0.4, 0.5) is 10.1 Å². The van der Waals surface area contributed by atoms with E-state index in [4.69, 9.17) is 0 Å². The zero-order valence-electron chi connectivity index (χ0n) is 23.0. The molecule has 0 bridgehead atoms. The summed E-state index contributed by atoms with van der Waals surface area (Å²) in [6.07, 6.45) is 0.536. The van der Waals surface area contributed by atoms with Gasteiger partial charge in [-0.25, -0.2) is 12.8 Å². The van der Waals surface area contributed by atoms with E-state index in [-0.39, 0.29) is 17.0 Å². The molecule has 0 fully saturated rings. The van der Waals surface area contributed by atoms with Crippen LogP contribution < -0.4 is 9.62 Å². The number of carbonyl (C=O) groups is 2. The number of sulfonamides is 1. The van der Waals surface area contributed by atoms with Crippen LogP contribution in [0.3, 0.4) is 0 Å². The number of nitrogens with zero attached hydrogens (tertiary/aromatic N) is 2. The molecule has 39 heavy (non-hydrogen) atoms. The van der Waals surface area contributed by atoms with E-state index in [1.165, 1.54) is 35.2 Å². The van der Waals surface area contributed by atoms with Gasteiger partial charge in [0.2, 0.25) is 11.8 Å². The van der Waals surface area contributed by atoms with Gasteiger partial charge in [0.05, 0.1) is 10.6 Å². The van der Waals surface area contributed by atoms with E-state index in [1.807, 2.05) is 33.8 Å². The molecule has 1 unspecified atom stereocenters. The van der Waals surface area contributed by atoms with E-state index in [0.29, 0.717) is 12.1 Å². The number of hydrogen-bond donors (Lipinski definition) is 1. The van der Waals surface area contributed by atoms with Crippen LogP contribution in [0.15, 0.2) is 83.8 Å². The Labute approximate surface area is 230 Å². The first-order chi connectivity index (χ1) is 18.3. The summed E-state index contributed by atoms with van der Waals surface area (Å²) in [7, 11) is -4.16. The first-order valence-corrected chi connectivity index (χ1v) is 14.3. The third-order valence-electron chi connectivity index (χ3n) is 6.22. The summed E-state index contributed by atoms with van der Waals surface area (Å²) in [5.74, 6) is -1.59. The van der Waals surface area contributed by atoms with Crippen molar-refractivity contribution in [2.45, 2.75) is 64.1 Å². The molecule has 0 heterocycles. The SMILES string of the molecule is CCc1ccccc1N(CC(=O)N(Cc1ccccc1F)C(C)C(=O)NC(C)(C)C)S(=O)(=O)c1ccccc1. The fourth-order valence-corrected chi connectivity index (χ4v) is 5.63. The average Bonchev–Trinajstić information content (AvgIpc) is 2.90. The molecule has 0 aliphatic rings. The van der Waals surface area contributed by atoms with Crippen molar-refractivity contribution in [2.75, 3.05) is 10.8 Å². The second kappa shape index (κ2) is 12.4. The van der Waals surface area contributed by atoms with Crippen LogP contribution in [-0.2, 0) is 32.6 Å². The van der Waals surface area contributed by atoms with Crippen molar-refractivity contribution in [3.05, 3.63) is 95.8 Å². The zero-order valence-corrected chi connectivity index (χ0v) is 23.8. The van der Waals surface area contributed by atoms with Gasteiger partial charge in [-0.15, -0.1) is 0 Å². The number of amides is 2. The molecule has 0 saturated heterocycles. The van der Waals surface area contributed by atoms with Crippen molar-refractivity contribution in [1.29, 1.82) is 0 Å². The predicted molar refractivity (Wildman–Crippen MR) is 151 cm³/mol. The van der Waals surface area contributed by atoms with Crippen LogP contribution in [0.1, 0.15) is 45.7 Å². The third-order valence-corrected chi connectivity index (χ3v) is 7.99. The molecule has 1 atom stereocenters. The maximum Gasteiger partial charge on any atom is 0.264 e. The highest BCUT2D eigenvalue weighted by Gasteiger charge is 2.34. The highest BCUT2D eigenvalue weighted by molar-refractivity contribution is 7.92. The van der Waals surface area contributed by atoms with Crippen LogP contribution in [-0.4, -0.2) is 43.3 Å². The minimum Gasteiger partial charge on any atom is -0.350 e. The zero-order chi connectivity index (χ0) is 28.8. The lowest BCUT2D eigenvalue weighted by atomic mass is 10.1. The molecule has 1 N–H and O–H groups in total. The standard InChI is InChI=1S/C30H36FN3O4S/c1-6-23-14-11-13-19-27(23)34(39(37,38)25-16-8-7-9-17-25)21-28(35)33(20-24-15-10-12-18-26(24)31)22(2)29(36)32-30(3,4)5/h7-19,22H,6,20-21H2,1-5H3,(H,32,36). The minimum atomic E-state index is -4.16. The van der Waals surface area contributed by atoms with Gasteiger partial charge in [-0.3, -0.25) is 13.9 Å². The van der Waals surface area contributed by atoms with Crippen LogP contribution in [0.5, 0.6) is 0 Å². The summed E-state index contributed by atoms with van der Waals surface area (Å²) in [5, 5.41) is 2.86. The maximum atomic E-state index is 14.6. The molecular weight excluding hydrogens is 517 g/mol. The van der Waals surface area contributed by atoms with Gasteiger partial charge in [0.25, 0.3) is 10.0 Å². The van der Waals surface area contributed by atoms with Gasteiger partial charge in [-0.05, 0) is 63.9 Å². The van der Waals surface area contributed by atoms with E-state index in [0.717, 1.165) is 9.87 Å².